The quantitative estimate of drug-likeness (QED) is 0.741. The minimum absolute atomic E-state index is 0.0140. The van der Waals surface area contributed by atoms with Gasteiger partial charge in [0.1, 0.15) is 5.82 Å². The van der Waals surface area contributed by atoms with Gasteiger partial charge in [-0.05, 0) is 70.6 Å². The van der Waals surface area contributed by atoms with Crippen molar-refractivity contribution < 1.29 is 4.79 Å². The normalized spacial score (nSPS) is 19.0. The Bertz CT molecular complexity index is 653. The number of nitrogens with one attached hydrogen (secondary N) is 1. The number of piperidine rings is 1. The second kappa shape index (κ2) is 11.5. The fourth-order valence-electron chi connectivity index (χ4n) is 4.38. The number of aromatic nitrogens is 1. The van der Waals surface area contributed by atoms with E-state index in [4.69, 9.17) is 0 Å². The van der Waals surface area contributed by atoms with E-state index in [2.05, 4.69) is 45.2 Å². The highest BCUT2D eigenvalue weighted by Gasteiger charge is 2.21. The lowest BCUT2D eigenvalue weighted by Gasteiger charge is -2.35. The van der Waals surface area contributed by atoms with Crippen LogP contribution in [0.15, 0.2) is 18.3 Å². The summed E-state index contributed by atoms with van der Waals surface area (Å²) in [5.74, 6) is 1.04. The molecule has 0 atom stereocenters. The van der Waals surface area contributed by atoms with E-state index in [1.807, 2.05) is 19.3 Å². The maximum atomic E-state index is 12.5. The third kappa shape index (κ3) is 6.84. The van der Waals surface area contributed by atoms with Gasteiger partial charge >= 0.3 is 6.03 Å². The molecule has 0 saturated carbocycles. The van der Waals surface area contributed by atoms with Crippen molar-refractivity contribution in [3.63, 3.8) is 0 Å². The van der Waals surface area contributed by atoms with Gasteiger partial charge in [0.05, 0.1) is 0 Å². The number of hydrogen-bond acceptors (Lipinski definition) is 5. The van der Waals surface area contributed by atoms with Crippen molar-refractivity contribution in [1.29, 1.82) is 0 Å². The first kappa shape index (κ1) is 22.8. The highest BCUT2D eigenvalue weighted by Crippen LogP contribution is 2.18. The van der Waals surface area contributed by atoms with Crippen molar-refractivity contribution in [3.8, 4) is 0 Å². The molecular weight excluding hydrogens is 376 g/mol. The second-order valence-corrected chi connectivity index (χ2v) is 9.02. The number of urea groups is 1. The van der Waals surface area contributed by atoms with E-state index in [-0.39, 0.29) is 6.03 Å². The molecule has 2 saturated heterocycles. The molecule has 2 fully saturated rings. The molecule has 1 aromatic heterocycles. The average Bonchev–Trinajstić information content (AvgIpc) is 3.06. The van der Waals surface area contributed by atoms with Gasteiger partial charge in [-0.1, -0.05) is 12.8 Å². The standard InChI is InChI=1S/C23H40N6O/c1-26-14-9-21(10-15-26)27(2)16-17-28(3)23(30)25-19-20-8-11-24-22(18-20)29-12-6-4-5-7-13-29/h8,11,18,21H,4-7,9-10,12-17,19H2,1-3H3,(H,25,30). The molecule has 30 heavy (non-hydrogen) atoms. The van der Waals surface area contributed by atoms with E-state index in [1.165, 1.54) is 38.5 Å². The SMILES string of the molecule is CN1CCC(N(C)CCN(C)C(=O)NCc2ccnc(N3CCCCCC3)c2)CC1. The first-order valence-electron chi connectivity index (χ1n) is 11.6. The van der Waals surface area contributed by atoms with Gasteiger partial charge in [-0.25, -0.2) is 9.78 Å². The Morgan fingerprint density at radius 3 is 2.50 bits per heavy atom. The van der Waals surface area contributed by atoms with Crippen LogP contribution in [0.3, 0.4) is 0 Å². The highest BCUT2D eigenvalue weighted by molar-refractivity contribution is 5.73. The molecule has 1 aromatic rings. The minimum atomic E-state index is -0.0140. The van der Waals surface area contributed by atoms with Crippen LogP contribution in [0.25, 0.3) is 0 Å². The number of likely N-dealkylation sites (tertiary alicyclic amines) is 1. The zero-order chi connectivity index (χ0) is 21.3. The summed E-state index contributed by atoms with van der Waals surface area (Å²) in [7, 11) is 6.25. The smallest absolute Gasteiger partial charge is 0.317 e. The molecule has 7 nitrogen and oxygen atoms in total. The van der Waals surface area contributed by atoms with Crippen LogP contribution < -0.4 is 10.2 Å². The van der Waals surface area contributed by atoms with Gasteiger partial charge in [-0.15, -0.1) is 0 Å². The van der Waals surface area contributed by atoms with Gasteiger partial charge in [0.15, 0.2) is 0 Å². The number of nitrogens with zero attached hydrogens (tertiary/aromatic N) is 5. The first-order valence-corrected chi connectivity index (χ1v) is 11.6. The van der Waals surface area contributed by atoms with Crippen LogP contribution in [-0.2, 0) is 6.54 Å². The molecule has 0 radical (unpaired) electrons. The molecule has 2 aliphatic rings. The van der Waals surface area contributed by atoms with Crippen molar-refractivity contribution in [1.82, 2.24) is 25.0 Å². The molecule has 3 rings (SSSR count). The van der Waals surface area contributed by atoms with Gasteiger partial charge in [-0.2, -0.15) is 0 Å². The zero-order valence-corrected chi connectivity index (χ0v) is 19.1. The summed E-state index contributed by atoms with van der Waals surface area (Å²) in [6.45, 7) is 6.67. The summed E-state index contributed by atoms with van der Waals surface area (Å²) < 4.78 is 0. The van der Waals surface area contributed by atoms with E-state index >= 15 is 0 Å². The third-order valence-electron chi connectivity index (χ3n) is 6.63. The fourth-order valence-corrected chi connectivity index (χ4v) is 4.38. The number of amides is 2. The van der Waals surface area contributed by atoms with Crippen LogP contribution in [0.2, 0.25) is 0 Å². The molecule has 3 heterocycles. The lowest BCUT2D eigenvalue weighted by atomic mass is 10.0. The Kier molecular flexibility index (Phi) is 8.75. The molecule has 2 aliphatic heterocycles. The van der Waals surface area contributed by atoms with Crippen molar-refractivity contribution >= 4 is 11.8 Å². The van der Waals surface area contributed by atoms with E-state index < -0.39 is 0 Å². The van der Waals surface area contributed by atoms with Crippen molar-refractivity contribution in [2.75, 3.05) is 65.3 Å². The lowest BCUT2D eigenvalue weighted by Crippen LogP contribution is -2.46. The highest BCUT2D eigenvalue weighted by atomic mass is 16.2. The zero-order valence-electron chi connectivity index (χ0n) is 19.1. The molecule has 7 heteroatoms. The van der Waals surface area contributed by atoms with E-state index in [9.17, 15) is 4.79 Å². The summed E-state index contributed by atoms with van der Waals surface area (Å²) in [5, 5.41) is 3.07. The largest absolute Gasteiger partial charge is 0.357 e. The molecule has 0 bridgehead atoms. The van der Waals surface area contributed by atoms with Gasteiger partial charge in [0.2, 0.25) is 0 Å². The van der Waals surface area contributed by atoms with Crippen molar-refractivity contribution in [3.05, 3.63) is 23.9 Å². The van der Waals surface area contributed by atoms with Crippen LogP contribution in [0.4, 0.5) is 10.6 Å². The number of likely N-dealkylation sites (N-methyl/N-ethyl adjacent to an activating group) is 2. The maximum absolute atomic E-state index is 12.5. The van der Waals surface area contributed by atoms with Gasteiger partial charge in [0.25, 0.3) is 0 Å². The molecule has 0 spiro atoms. The Balaban J connectivity index is 1.41. The van der Waals surface area contributed by atoms with Gasteiger partial charge < -0.3 is 24.9 Å². The second-order valence-electron chi connectivity index (χ2n) is 9.02. The number of carbonyl (C=O) groups excluding carboxylic acids is 1. The number of anilines is 1. The summed E-state index contributed by atoms with van der Waals surface area (Å²) in [4.78, 5) is 26.1. The summed E-state index contributed by atoms with van der Waals surface area (Å²) in [6, 6.07) is 4.74. The van der Waals surface area contributed by atoms with Crippen LogP contribution in [0.1, 0.15) is 44.1 Å². The number of pyridine rings is 1. The van der Waals surface area contributed by atoms with Gasteiger partial charge in [-0.3, -0.25) is 0 Å². The lowest BCUT2D eigenvalue weighted by molar-refractivity contribution is 0.135. The van der Waals surface area contributed by atoms with Crippen LogP contribution >= 0.6 is 0 Å². The molecule has 0 aliphatic carbocycles. The van der Waals surface area contributed by atoms with Crippen LogP contribution in [0, 0.1) is 0 Å². The van der Waals surface area contributed by atoms with E-state index in [0.717, 1.165) is 50.6 Å². The molecule has 1 N–H and O–H groups in total. The number of rotatable bonds is 7. The average molecular weight is 417 g/mol. The summed E-state index contributed by atoms with van der Waals surface area (Å²) in [5.41, 5.74) is 1.11. The Morgan fingerprint density at radius 2 is 1.80 bits per heavy atom. The molecule has 168 valence electrons. The monoisotopic (exact) mass is 416 g/mol. The molecule has 0 unspecified atom stereocenters. The summed E-state index contributed by atoms with van der Waals surface area (Å²) >= 11 is 0. The topological polar surface area (TPSA) is 55.0 Å². The molecule has 0 aromatic carbocycles. The van der Waals surface area contributed by atoms with Crippen molar-refractivity contribution in [2.24, 2.45) is 0 Å². The predicted molar refractivity (Wildman–Crippen MR) is 123 cm³/mol. The third-order valence-corrected chi connectivity index (χ3v) is 6.63. The van der Waals surface area contributed by atoms with E-state index in [0.29, 0.717) is 12.6 Å². The van der Waals surface area contributed by atoms with Crippen molar-refractivity contribution in [2.45, 2.75) is 51.1 Å². The summed E-state index contributed by atoms with van der Waals surface area (Å²) in [6.07, 6.45) is 9.38. The minimum Gasteiger partial charge on any atom is -0.357 e. The molecular formula is C23H40N6O. The Hall–Kier alpha value is -1.86. The molecule has 2 amide bonds. The fraction of sp³-hybridized carbons (Fsp3) is 0.739. The van der Waals surface area contributed by atoms with Gasteiger partial charge in [0, 0.05) is 52.0 Å². The number of carbonyl (C=O) groups is 1. The number of hydrogen-bond donors (Lipinski definition) is 1. The Labute approximate surface area is 182 Å². The maximum Gasteiger partial charge on any atom is 0.317 e. The van der Waals surface area contributed by atoms with Crippen LogP contribution in [0.5, 0.6) is 0 Å². The van der Waals surface area contributed by atoms with E-state index in [1.54, 1.807) is 4.90 Å². The Morgan fingerprint density at radius 1 is 1.10 bits per heavy atom. The predicted octanol–water partition coefficient (Wildman–Crippen LogP) is 2.63. The van der Waals surface area contributed by atoms with Crippen LogP contribution in [-0.4, -0.2) is 92.2 Å². The first-order chi connectivity index (χ1) is 14.5.